The lowest BCUT2D eigenvalue weighted by Gasteiger charge is -2.32. The van der Waals surface area contributed by atoms with Crippen LogP contribution in [0.4, 0.5) is 11.4 Å². The van der Waals surface area contributed by atoms with Crippen molar-refractivity contribution in [3.63, 3.8) is 0 Å². The highest BCUT2D eigenvalue weighted by molar-refractivity contribution is 5.63. The Balaban J connectivity index is 1.63. The minimum atomic E-state index is 0.840. The van der Waals surface area contributed by atoms with E-state index in [1.54, 1.807) is 0 Å². The Bertz CT molecular complexity index is 638. The molecule has 0 saturated carbocycles. The van der Waals surface area contributed by atoms with Crippen molar-refractivity contribution in [3.8, 4) is 0 Å². The van der Waals surface area contributed by atoms with Crippen LogP contribution in [0.3, 0.4) is 0 Å². The first-order valence-electron chi connectivity index (χ1n) is 7.05. The summed E-state index contributed by atoms with van der Waals surface area (Å²) in [5, 5.41) is 8.94. The highest BCUT2D eigenvalue weighted by Gasteiger charge is 2.17. The quantitative estimate of drug-likeness (QED) is 0.740. The summed E-state index contributed by atoms with van der Waals surface area (Å²) in [4.78, 5) is 0. The van der Waals surface area contributed by atoms with Gasteiger partial charge < -0.3 is 10.3 Å². The summed E-state index contributed by atoms with van der Waals surface area (Å²) in [5.41, 5.74) is 10.1. The average molecular weight is 266 g/mol. The lowest BCUT2D eigenvalue weighted by atomic mass is 10.0. The molecular formula is C16H18N4. The van der Waals surface area contributed by atoms with Gasteiger partial charge in [0.15, 0.2) is 0 Å². The zero-order valence-corrected chi connectivity index (χ0v) is 11.3. The summed E-state index contributed by atoms with van der Waals surface area (Å²) in [6.07, 6.45) is 0. The number of fused-ring (bicyclic) bond motifs is 2. The van der Waals surface area contributed by atoms with Crippen LogP contribution in [0, 0.1) is 0 Å². The van der Waals surface area contributed by atoms with Crippen molar-refractivity contribution in [2.75, 3.05) is 17.0 Å². The topological polar surface area (TPSA) is 39.3 Å². The van der Waals surface area contributed by atoms with E-state index in [0.717, 1.165) is 26.3 Å². The fraction of sp³-hybridized carbons (Fsp3) is 0.250. The van der Waals surface area contributed by atoms with Gasteiger partial charge in [0, 0.05) is 18.8 Å². The Hall–Kier alpha value is -2.04. The van der Waals surface area contributed by atoms with Gasteiger partial charge in [0.05, 0.1) is 18.9 Å². The van der Waals surface area contributed by atoms with Crippen LogP contribution in [0.25, 0.3) is 0 Å². The first kappa shape index (κ1) is 11.8. The van der Waals surface area contributed by atoms with Crippen LogP contribution in [0.15, 0.2) is 42.5 Å². The van der Waals surface area contributed by atoms with Crippen LogP contribution < -0.4 is 21.1 Å². The third-order valence-electron chi connectivity index (χ3n) is 4.03. The van der Waals surface area contributed by atoms with E-state index >= 15 is 0 Å². The van der Waals surface area contributed by atoms with E-state index in [2.05, 4.69) is 63.5 Å². The van der Waals surface area contributed by atoms with Crippen LogP contribution in [0.1, 0.15) is 16.7 Å². The maximum atomic E-state index is 3.49. The smallest absolute Gasteiger partial charge is 0.0655 e. The Morgan fingerprint density at radius 1 is 0.900 bits per heavy atom. The van der Waals surface area contributed by atoms with Crippen molar-refractivity contribution in [1.82, 2.24) is 10.7 Å². The van der Waals surface area contributed by atoms with Gasteiger partial charge >= 0.3 is 0 Å². The molecule has 0 spiro atoms. The van der Waals surface area contributed by atoms with Crippen molar-refractivity contribution in [1.29, 1.82) is 0 Å². The number of benzene rings is 2. The molecule has 2 heterocycles. The van der Waals surface area contributed by atoms with Gasteiger partial charge in [-0.05, 0) is 28.8 Å². The fourth-order valence-electron chi connectivity index (χ4n) is 2.88. The molecule has 4 nitrogen and oxygen atoms in total. The molecule has 0 fully saturated rings. The van der Waals surface area contributed by atoms with E-state index in [9.17, 15) is 0 Å². The van der Waals surface area contributed by atoms with Crippen LogP contribution in [-0.2, 0) is 19.6 Å². The molecule has 0 bridgehead atoms. The minimum absolute atomic E-state index is 0.840. The molecule has 0 saturated heterocycles. The molecule has 0 radical (unpaired) electrons. The Morgan fingerprint density at radius 2 is 1.80 bits per heavy atom. The van der Waals surface area contributed by atoms with Gasteiger partial charge in [-0.3, -0.25) is 5.32 Å². The number of nitrogens with one attached hydrogen (secondary N) is 3. The second-order valence-electron chi connectivity index (χ2n) is 5.31. The molecule has 0 aliphatic carbocycles. The first-order valence-corrected chi connectivity index (χ1v) is 7.05. The molecule has 102 valence electrons. The Kier molecular flexibility index (Phi) is 2.83. The molecule has 2 aliphatic heterocycles. The summed E-state index contributed by atoms with van der Waals surface area (Å²) < 4.78 is 0. The molecule has 2 aromatic rings. The molecule has 0 unspecified atom stereocenters. The minimum Gasteiger partial charge on any atom is -0.372 e. The van der Waals surface area contributed by atoms with Gasteiger partial charge in [-0.1, -0.05) is 30.3 Å². The van der Waals surface area contributed by atoms with E-state index in [0.29, 0.717) is 0 Å². The Labute approximate surface area is 118 Å². The van der Waals surface area contributed by atoms with Gasteiger partial charge in [-0.2, -0.15) is 0 Å². The van der Waals surface area contributed by atoms with Crippen molar-refractivity contribution >= 4 is 11.4 Å². The fourth-order valence-corrected chi connectivity index (χ4v) is 2.88. The molecule has 2 aromatic carbocycles. The van der Waals surface area contributed by atoms with E-state index < -0.39 is 0 Å². The van der Waals surface area contributed by atoms with Gasteiger partial charge in [0.1, 0.15) is 0 Å². The molecule has 4 heteroatoms. The van der Waals surface area contributed by atoms with E-state index in [4.69, 9.17) is 0 Å². The number of hydrogen-bond donors (Lipinski definition) is 3. The summed E-state index contributed by atoms with van der Waals surface area (Å²) >= 11 is 0. The highest BCUT2D eigenvalue weighted by atomic mass is 15.5. The maximum Gasteiger partial charge on any atom is 0.0655 e. The van der Waals surface area contributed by atoms with Crippen molar-refractivity contribution in [3.05, 3.63) is 59.2 Å². The number of nitrogens with zero attached hydrogens (tertiary/aromatic N) is 1. The van der Waals surface area contributed by atoms with Crippen molar-refractivity contribution in [2.45, 2.75) is 19.6 Å². The molecule has 2 aliphatic rings. The largest absolute Gasteiger partial charge is 0.372 e. The highest BCUT2D eigenvalue weighted by Crippen LogP contribution is 2.27. The van der Waals surface area contributed by atoms with E-state index in [1.165, 1.54) is 28.1 Å². The van der Waals surface area contributed by atoms with E-state index in [-0.39, 0.29) is 0 Å². The second-order valence-corrected chi connectivity index (χ2v) is 5.31. The number of rotatable bonds is 1. The van der Waals surface area contributed by atoms with Crippen LogP contribution in [0.5, 0.6) is 0 Å². The van der Waals surface area contributed by atoms with Gasteiger partial charge in [-0.25, -0.2) is 5.43 Å². The summed E-state index contributed by atoms with van der Waals surface area (Å²) in [5.74, 6) is 0. The molecule has 0 amide bonds. The molecule has 4 rings (SSSR count). The predicted octanol–water partition coefficient (Wildman–Crippen LogP) is 2.18. The number of hydrogen-bond acceptors (Lipinski definition) is 4. The van der Waals surface area contributed by atoms with Crippen molar-refractivity contribution in [2.24, 2.45) is 0 Å². The third kappa shape index (κ3) is 2.03. The zero-order valence-electron chi connectivity index (χ0n) is 11.3. The zero-order chi connectivity index (χ0) is 13.4. The summed E-state index contributed by atoms with van der Waals surface area (Å²) in [6, 6.07) is 15.2. The van der Waals surface area contributed by atoms with E-state index in [1.807, 2.05) is 0 Å². The van der Waals surface area contributed by atoms with Gasteiger partial charge in [-0.15, -0.1) is 0 Å². The first-order chi connectivity index (χ1) is 9.90. The third-order valence-corrected chi connectivity index (χ3v) is 4.03. The second kappa shape index (κ2) is 4.81. The standard InChI is InChI=1S/C16H18N4/c1-2-4-14-10-20(19-9-12(14)3-1)15-6-5-13-8-17-11-18-16(13)7-15/h1-7,17-19H,8-11H2. The monoisotopic (exact) mass is 266 g/mol. The lowest BCUT2D eigenvalue weighted by molar-refractivity contribution is 0.582. The molecule has 20 heavy (non-hydrogen) atoms. The predicted molar refractivity (Wildman–Crippen MR) is 81.2 cm³/mol. The number of hydrazine groups is 1. The maximum absolute atomic E-state index is 3.49. The lowest BCUT2D eigenvalue weighted by Crippen LogP contribution is -2.41. The van der Waals surface area contributed by atoms with Crippen molar-refractivity contribution < 1.29 is 0 Å². The average Bonchev–Trinajstić information content (AvgIpc) is 2.54. The van der Waals surface area contributed by atoms with Crippen LogP contribution in [-0.4, -0.2) is 6.67 Å². The summed E-state index contributed by atoms with van der Waals surface area (Å²) in [6.45, 7) is 3.58. The van der Waals surface area contributed by atoms with Gasteiger partial charge in [0.25, 0.3) is 0 Å². The normalized spacial score (nSPS) is 17.1. The molecule has 0 atom stereocenters. The number of anilines is 2. The van der Waals surface area contributed by atoms with Crippen LogP contribution in [0.2, 0.25) is 0 Å². The molecular weight excluding hydrogens is 248 g/mol. The molecule has 3 N–H and O–H groups in total. The van der Waals surface area contributed by atoms with Gasteiger partial charge in [0.2, 0.25) is 0 Å². The molecule has 0 aromatic heterocycles. The Morgan fingerprint density at radius 3 is 2.75 bits per heavy atom. The summed E-state index contributed by atoms with van der Waals surface area (Å²) in [7, 11) is 0. The SMILES string of the molecule is c1ccc2c(c1)CNN(c1ccc3c(c1)NCNC3)C2. The van der Waals surface area contributed by atoms with Crippen LogP contribution >= 0.6 is 0 Å².